The van der Waals surface area contributed by atoms with Crippen LogP contribution in [0, 0.1) is 6.92 Å². The largest absolute Gasteiger partial charge is 0.477 e. The van der Waals surface area contributed by atoms with Gasteiger partial charge in [-0.2, -0.15) is 0 Å². The second-order valence-electron chi connectivity index (χ2n) is 5.18. The summed E-state index contributed by atoms with van der Waals surface area (Å²) in [5.74, 6) is -0.535. The number of benzene rings is 1. The van der Waals surface area contributed by atoms with E-state index in [1.165, 1.54) is 24.0 Å². The smallest absolute Gasteiger partial charge is 0.354 e. The third-order valence-corrected chi connectivity index (χ3v) is 3.70. The van der Waals surface area contributed by atoms with Crippen molar-refractivity contribution < 1.29 is 9.90 Å². The molecule has 3 rings (SSSR count). The van der Waals surface area contributed by atoms with Crippen molar-refractivity contribution >= 4 is 5.97 Å². The normalized spacial score (nSPS) is 13.8. The molecule has 0 spiro atoms. The second kappa shape index (κ2) is 5.04. The summed E-state index contributed by atoms with van der Waals surface area (Å²) in [6.07, 6.45) is 4.71. The van der Waals surface area contributed by atoms with Gasteiger partial charge in [0.1, 0.15) is 5.82 Å². The highest BCUT2D eigenvalue weighted by Crippen LogP contribution is 2.26. The van der Waals surface area contributed by atoms with E-state index in [0.717, 1.165) is 18.4 Å². The number of carboxylic acids is 1. The molecule has 0 amide bonds. The van der Waals surface area contributed by atoms with Crippen LogP contribution in [0.3, 0.4) is 0 Å². The zero-order valence-corrected chi connectivity index (χ0v) is 11.4. The Bertz CT molecular complexity index is 680. The van der Waals surface area contributed by atoms with Crippen molar-refractivity contribution in [3.8, 4) is 11.3 Å². The minimum absolute atomic E-state index is 0.0465. The molecule has 0 atom stereocenters. The molecule has 1 aromatic heterocycles. The molecular formula is C16H16N2O2. The number of aromatic carboxylic acids is 1. The molecule has 0 aliphatic heterocycles. The Balaban J connectivity index is 2.06. The summed E-state index contributed by atoms with van der Waals surface area (Å²) in [5.41, 5.74) is 4.47. The maximum atomic E-state index is 11.1. The molecule has 1 aliphatic rings. The van der Waals surface area contributed by atoms with E-state index in [2.05, 4.69) is 22.1 Å². The van der Waals surface area contributed by atoms with E-state index < -0.39 is 5.97 Å². The first-order valence-corrected chi connectivity index (χ1v) is 6.84. The lowest BCUT2D eigenvalue weighted by atomic mass is 9.90. The van der Waals surface area contributed by atoms with Gasteiger partial charge in [0.2, 0.25) is 0 Å². The third-order valence-electron chi connectivity index (χ3n) is 3.70. The summed E-state index contributed by atoms with van der Waals surface area (Å²) in [6.45, 7) is 1.72. The van der Waals surface area contributed by atoms with Crippen LogP contribution in [-0.4, -0.2) is 21.0 Å². The van der Waals surface area contributed by atoms with E-state index in [0.29, 0.717) is 11.5 Å². The first kappa shape index (κ1) is 12.8. The first-order valence-electron chi connectivity index (χ1n) is 6.84. The minimum Gasteiger partial charge on any atom is -0.477 e. The molecule has 0 bridgehead atoms. The molecule has 1 aromatic carbocycles. The van der Waals surface area contributed by atoms with Gasteiger partial charge in [0.05, 0.1) is 5.69 Å². The topological polar surface area (TPSA) is 63.1 Å². The lowest BCUT2D eigenvalue weighted by Gasteiger charge is -2.16. The number of carbonyl (C=O) groups is 1. The summed E-state index contributed by atoms with van der Waals surface area (Å²) in [7, 11) is 0. The number of hydrogen-bond donors (Lipinski definition) is 1. The highest BCUT2D eigenvalue weighted by Gasteiger charge is 2.13. The highest BCUT2D eigenvalue weighted by atomic mass is 16.4. The van der Waals surface area contributed by atoms with Crippen molar-refractivity contribution in [1.82, 2.24) is 9.97 Å². The van der Waals surface area contributed by atoms with Crippen LogP contribution >= 0.6 is 0 Å². The van der Waals surface area contributed by atoms with E-state index in [1.54, 1.807) is 13.0 Å². The summed E-state index contributed by atoms with van der Waals surface area (Å²) in [6, 6.07) is 7.85. The molecule has 4 heteroatoms. The fourth-order valence-electron chi connectivity index (χ4n) is 2.72. The van der Waals surface area contributed by atoms with Gasteiger partial charge in [-0.25, -0.2) is 14.8 Å². The van der Waals surface area contributed by atoms with Crippen LogP contribution in [0.15, 0.2) is 24.3 Å². The minimum atomic E-state index is -1.02. The van der Waals surface area contributed by atoms with Gasteiger partial charge in [0.25, 0.3) is 0 Å². The number of hydrogen-bond acceptors (Lipinski definition) is 3. The van der Waals surface area contributed by atoms with Gasteiger partial charge in [0, 0.05) is 5.56 Å². The van der Waals surface area contributed by atoms with Crippen LogP contribution in [-0.2, 0) is 12.8 Å². The molecule has 1 heterocycles. The van der Waals surface area contributed by atoms with Crippen LogP contribution in [0.4, 0.5) is 0 Å². The summed E-state index contributed by atoms with van der Waals surface area (Å²) >= 11 is 0. The molecule has 0 saturated carbocycles. The fraction of sp³-hybridized carbons (Fsp3) is 0.312. The average molecular weight is 268 g/mol. The van der Waals surface area contributed by atoms with E-state index in [1.807, 2.05) is 6.07 Å². The van der Waals surface area contributed by atoms with Gasteiger partial charge in [0.15, 0.2) is 5.69 Å². The Morgan fingerprint density at radius 3 is 2.60 bits per heavy atom. The van der Waals surface area contributed by atoms with Crippen molar-refractivity contribution in [1.29, 1.82) is 0 Å². The Labute approximate surface area is 117 Å². The number of aryl methyl sites for hydroxylation is 3. The van der Waals surface area contributed by atoms with Gasteiger partial charge < -0.3 is 5.11 Å². The summed E-state index contributed by atoms with van der Waals surface area (Å²) in [4.78, 5) is 19.4. The lowest BCUT2D eigenvalue weighted by Crippen LogP contribution is -2.05. The molecule has 0 saturated heterocycles. The van der Waals surface area contributed by atoms with Crippen LogP contribution in [0.25, 0.3) is 11.3 Å². The highest BCUT2D eigenvalue weighted by molar-refractivity contribution is 5.86. The molecule has 0 unspecified atom stereocenters. The number of fused-ring (bicyclic) bond motifs is 1. The van der Waals surface area contributed by atoms with E-state index in [9.17, 15) is 4.79 Å². The predicted octanol–water partition coefficient (Wildman–Crippen LogP) is 3.03. The van der Waals surface area contributed by atoms with Gasteiger partial charge in [-0.05, 0) is 55.9 Å². The Kier molecular flexibility index (Phi) is 3.22. The van der Waals surface area contributed by atoms with Crippen LogP contribution in [0.1, 0.15) is 40.3 Å². The molecule has 4 nitrogen and oxygen atoms in total. The van der Waals surface area contributed by atoms with Gasteiger partial charge in [-0.1, -0.05) is 12.1 Å². The maximum Gasteiger partial charge on any atom is 0.354 e. The molecule has 20 heavy (non-hydrogen) atoms. The predicted molar refractivity (Wildman–Crippen MR) is 75.8 cm³/mol. The lowest BCUT2D eigenvalue weighted by molar-refractivity contribution is 0.0690. The van der Waals surface area contributed by atoms with E-state index in [-0.39, 0.29) is 5.69 Å². The van der Waals surface area contributed by atoms with Crippen LogP contribution in [0.5, 0.6) is 0 Å². The molecule has 1 N–H and O–H groups in total. The van der Waals surface area contributed by atoms with Crippen molar-refractivity contribution in [3.63, 3.8) is 0 Å². The summed E-state index contributed by atoms with van der Waals surface area (Å²) < 4.78 is 0. The van der Waals surface area contributed by atoms with Gasteiger partial charge >= 0.3 is 5.97 Å². The molecular weight excluding hydrogens is 252 g/mol. The van der Waals surface area contributed by atoms with Crippen molar-refractivity contribution in [3.05, 3.63) is 46.9 Å². The standard InChI is InChI=1S/C16H16N2O2/c1-10-17-14(9-15(18-10)16(19)20)13-7-6-11-4-2-3-5-12(11)8-13/h6-9H,2-5H2,1H3,(H,19,20). The fourth-order valence-corrected chi connectivity index (χ4v) is 2.72. The number of nitrogens with zero attached hydrogens (tertiary/aromatic N) is 2. The molecule has 0 fully saturated rings. The van der Waals surface area contributed by atoms with E-state index >= 15 is 0 Å². The molecule has 0 radical (unpaired) electrons. The third kappa shape index (κ3) is 2.41. The number of carboxylic acid groups (broad SMARTS) is 1. The first-order chi connectivity index (χ1) is 9.63. The molecule has 1 aliphatic carbocycles. The molecule has 102 valence electrons. The second-order valence-corrected chi connectivity index (χ2v) is 5.18. The van der Waals surface area contributed by atoms with Crippen molar-refractivity contribution in [2.45, 2.75) is 32.6 Å². The zero-order valence-electron chi connectivity index (χ0n) is 11.4. The van der Waals surface area contributed by atoms with Gasteiger partial charge in [-0.3, -0.25) is 0 Å². The maximum absolute atomic E-state index is 11.1. The van der Waals surface area contributed by atoms with Gasteiger partial charge in [-0.15, -0.1) is 0 Å². The zero-order chi connectivity index (χ0) is 14.1. The number of rotatable bonds is 2. The number of aromatic nitrogens is 2. The Hall–Kier alpha value is -2.23. The van der Waals surface area contributed by atoms with Crippen LogP contribution in [0.2, 0.25) is 0 Å². The van der Waals surface area contributed by atoms with Crippen LogP contribution < -0.4 is 0 Å². The quantitative estimate of drug-likeness (QED) is 0.909. The van der Waals surface area contributed by atoms with Crippen molar-refractivity contribution in [2.75, 3.05) is 0 Å². The summed E-state index contributed by atoms with van der Waals surface area (Å²) in [5, 5.41) is 9.08. The molecule has 2 aromatic rings. The SMILES string of the molecule is Cc1nc(C(=O)O)cc(-c2ccc3c(c2)CCCC3)n1. The average Bonchev–Trinajstić information content (AvgIpc) is 2.46. The van der Waals surface area contributed by atoms with E-state index in [4.69, 9.17) is 5.11 Å². The Morgan fingerprint density at radius 1 is 1.10 bits per heavy atom. The van der Waals surface area contributed by atoms with Crippen molar-refractivity contribution in [2.24, 2.45) is 0 Å². The monoisotopic (exact) mass is 268 g/mol. The Morgan fingerprint density at radius 2 is 1.85 bits per heavy atom.